The number of halogens is 1. The average Bonchev–Trinajstić information content (AvgIpc) is 2.41. The third-order valence-electron chi connectivity index (χ3n) is 3.45. The Morgan fingerprint density at radius 2 is 2.11 bits per heavy atom. The van der Waals surface area contributed by atoms with Gasteiger partial charge in [-0.1, -0.05) is 39.2 Å². The minimum Gasteiger partial charge on any atom is -0.490 e. The Hall–Kier alpha value is -1.09. The molecule has 2 nitrogen and oxygen atoms in total. The van der Waals surface area contributed by atoms with Gasteiger partial charge in [-0.2, -0.15) is 0 Å². The first kappa shape index (κ1) is 16.0. The summed E-state index contributed by atoms with van der Waals surface area (Å²) in [5.74, 6) is 0.593. The van der Waals surface area contributed by atoms with Gasteiger partial charge in [0.25, 0.3) is 0 Å². The molecule has 1 aromatic rings. The van der Waals surface area contributed by atoms with Gasteiger partial charge in [-0.3, -0.25) is 0 Å². The van der Waals surface area contributed by atoms with E-state index in [2.05, 4.69) is 13.8 Å². The number of nitrogens with two attached hydrogens (primary N) is 1. The molecule has 0 saturated carbocycles. The molecule has 0 radical (unpaired) electrons. The number of rotatable bonds is 9. The zero-order chi connectivity index (χ0) is 14.1. The van der Waals surface area contributed by atoms with Crippen LogP contribution in [0.3, 0.4) is 0 Å². The molecule has 1 rings (SSSR count). The summed E-state index contributed by atoms with van der Waals surface area (Å²) < 4.78 is 19.4. The number of unbranched alkanes of at least 4 members (excludes halogenated alkanes) is 1. The molecule has 1 unspecified atom stereocenters. The van der Waals surface area contributed by atoms with Gasteiger partial charge in [0.15, 0.2) is 11.6 Å². The van der Waals surface area contributed by atoms with E-state index in [1.165, 1.54) is 18.9 Å². The number of benzene rings is 1. The van der Waals surface area contributed by atoms with Gasteiger partial charge in [0.1, 0.15) is 0 Å². The monoisotopic (exact) mass is 267 g/mol. The van der Waals surface area contributed by atoms with Crippen LogP contribution in [-0.2, 0) is 6.42 Å². The summed E-state index contributed by atoms with van der Waals surface area (Å²) in [5.41, 5.74) is 6.38. The molecule has 0 amide bonds. The Labute approximate surface area is 116 Å². The van der Waals surface area contributed by atoms with E-state index < -0.39 is 0 Å². The highest BCUT2D eigenvalue weighted by atomic mass is 19.1. The zero-order valence-corrected chi connectivity index (χ0v) is 12.1. The van der Waals surface area contributed by atoms with Crippen molar-refractivity contribution in [3.8, 4) is 5.75 Å². The van der Waals surface area contributed by atoms with Crippen LogP contribution in [0.15, 0.2) is 18.2 Å². The summed E-state index contributed by atoms with van der Waals surface area (Å²) in [6.45, 7) is 5.48. The van der Waals surface area contributed by atoms with Crippen molar-refractivity contribution in [3.63, 3.8) is 0 Å². The van der Waals surface area contributed by atoms with Crippen LogP contribution in [-0.4, -0.2) is 13.2 Å². The smallest absolute Gasteiger partial charge is 0.165 e. The van der Waals surface area contributed by atoms with Crippen LogP contribution in [0.5, 0.6) is 5.75 Å². The maximum absolute atomic E-state index is 13.8. The van der Waals surface area contributed by atoms with Gasteiger partial charge in [0.2, 0.25) is 0 Å². The van der Waals surface area contributed by atoms with E-state index in [0.29, 0.717) is 31.2 Å². The summed E-state index contributed by atoms with van der Waals surface area (Å²) in [7, 11) is 0. The van der Waals surface area contributed by atoms with Gasteiger partial charge in [-0.15, -0.1) is 0 Å². The van der Waals surface area contributed by atoms with Crippen molar-refractivity contribution in [3.05, 3.63) is 29.6 Å². The van der Waals surface area contributed by atoms with E-state index in [1.54, 1.807) is 6.07 Å². The topological polar surface area (TPSA) is 35.2 Å². The second-order valence-electron chi connectivity index (χ2n) is 5.03. The first-order valence-corrected chi connectivity index (χ1v) is 7.32. The lowest BCUT2D eigenvalue weighted by molar-refractivity contribution is 0.225. The lowest BCUT2D eigenvalue weighted by Gasteiger charge is -2.16. The Kier molecular flexibility index (Phi) is 7.49. The second kappa shape index (κ2) is 8.92. The highest BCUT2D eigenvalue weighted by Crippen LogP contribution is 2.21. The molecule has 0 bridgehead atoms. The molecule has 0 aromatic heterocycles. The maximum atomic E-state index is 13.8. The molecule has 0 aliphatic rings. The predicted molar refractivity (Wildman–Crippen MR) is 78.0 cm³/mol. The Balaban J connectivity index is 2.52. The van der Waals surface area contributed by atoms with Gasteiger partial charge in [-0.05, 0) is 43.0 Å². The predicted octanol–water partition coefficient (Wildman–Crippen LogP) is 3.92. The number of hydrogen-bond acceptors (Lipinski definition) is 2. The van der Waals surface area contributed by atoms with Crippen molar-refractivity contribution in [2.45, 2.75) is 46.0 Å². The first-order chi connectivity index (χ1) is 9.21. The fraction of sp³-hybridized carbons (Fsp3) is 0.625. The van der Waals surface area contributed by atoms with Crippen molar-refractivity contribution in [2.75, 3.05) is 13.2 Å². The van der Waals surface area contributed by atoms with E-state index in [9.17, 15) is 4.39 Å². The summed E-state index contributed by atoms with van der Waals surface area (Å²) in [5, 5.41) is 0. The maximum Gasteiger partial charge on any atom is 0.165 e. The molecule has 0 heterocycles. The lowest BCUT2D eigenvalue weighted by Crippen LogP contribution is -2.12. The lowest BCUT2D eigenvalue weighted by atomic mass is 10.0. The standard InChI is InChI=1S/C16H26FNO/c1-3-5-6-13(4-2)12-19-16-8-7-14(9-10-18)11-15(16)17/h7-8,11,13H,3-6,9-10,12,18H2,1-2H3. The minimum absolute atomic E-state index is 0.281. The van der Waals surface area contributed by atoms with Gasteiger partial charge < -0.3 is 10.5 Å². The molecule has 3 heteroatoms. The van der Waals surface area contributed by atoms with Crippen LogP contribution in [0, 0.1) is 11.7 Å². The fourth-order valence-electron chi connectivity index (χ4n) is 2.09. The Morgan fingerprint density at radius 3 is 2.68 bits per heavy atom. The Morgan fingerprint density at radius 1 is 1.32 bits per heavy atom. The van der Waals surface area contributed by atoms with Crippen LogP contribution < -0.4 is 10.5 Å². The Bertz CT molecular complexity index is 368. The molecule has 1 aromatic carbocycles. The van der Waals surface area contributed by atoms with Gasteiger partial charge >= 0.3 is 0 Å². The quantitative estimate of drug-likeness (QED) is 0.736. The summed E-state index contributed by atoms with van der Waals surface area (Å²) in [6.07, 6.45) is 5.33. The summed E-state index contributed by atoms with van der Waals surface area (Å²) >= 11 is 0. The second-order valence-corrected chi connectivity index (χ2v) is 5.03. The van der Waals surface area contributed by atoms with E-state index in [4.69, 9.17) is 10.5 Å². The van der Waals surface area contributed by atoms with Crippen LogP contribution in [0.4, 0.5) is 4.39 Å². The van der Waals surface area contributed by atoms with Crippen molar-refractivity contribution < 1.29 is 9.13 Å². The molecule has 108 valence electrons. The van der Waals surface area contributed by atoms with E-state index in [0.717, 1.165) is 18.4 Å². The molecule has 2 N–H and O–H groups in total. The number of hydrogen-bond donors (Lipinski definition) is 1. The van der Waals surface area contributed by atoms with Gasteiger partial charge in [0, 0.05) is 0 Å². The van der Waals surface area contributed by atoms with Crippen molar-refractivity contribution in [1.82, 2.24) is 0 Å². The van der Waals surface area contributed by atoms with Crippen LogP contribution in [0.2, 0.25) is 0 Å². The number of ether oxygens (including phenoxy) is 1. The largest absolute Gasteiger partial charge is 0.490 e. The normalized spacial score (nSPS) is 12.4. The zero-order valence-electron chi connectivity index (χ0n) is 12.1. The van der Waals surface area contributed by atoms with E-state index >= 15 is 0 Å². The van der Waals surface area contributed by atoms with E-state index in [1.807, 2.05) is 6.07 Å². The molecular weight excluding hydrogens is 241 g/mol. The molecule has 1 atom stereocenters. The molecule has 0 spiro atoms. The third kappa shape index (κ3) is 5.60. The first-order valence-electron chi connectivity index (χ1n) is 7.32. The van der Waals surface area contributed by atoms with Crippen LogP contribution in [0.25, 0.3) is 0 Å². The van der Waals surface area contributed by atoms with Crippen LogP contribution >= 0.6 is 0 Å². The minimum atomic E-state index is -0.281. The molecule has 0 aliphatic carbocycles. The molecule has 0 saturated heterocycles. The molecular formula is C16H26FNO. The molecule has 0 aliphatic heterocycles. The summed E-state index contributed by atoms with van der Waals surface area (Å²) in [4.78, 5) is 0. The third-order valence-corrected chi connectivity index (χ3v) is 3.45. The molecule has 0 fully saturated rings. The highest BCUT2D eigenvalue weighted by Gasteiger charge is 2.09. The van der Waals surface area contributed by atoms with Gasteiger partial charge in [0.05, 0.1) is 6.61 Å². The van der Waals surface area contributed by atoms with Crippen molar-refractivity contribution in [1.29, 1.82) is 0 Å². The molecule has 19 heavy (non-hydrogen) atoms. The van der Waals surface area contributed by atoms with Crippen molar-refractivity contribution in [2.24, 2.45) is 11.7 Å². The van der Waals surface area contributed by atoms with Crippen molar-refractivity contribution >= 4 is 0 Å². The average molecular weight is 267 g/mol. The highest BCUT2D eigenvalue weighted by molar-refractivity contribution is 5.29. The van der Waals surface area contributed by atoms with E-state index in [-0.39, 0.29) is 5.82 Å². The fourth-order valence-corrected chi connectivity index (χ4v) is 2.09. The summed E-state index contributed by atoms with van der Waals surface area (Å²) in [6, 6.07) is 5.13. The van der Waals surface area contributed by atoms with Gasteiger partial charge in [-0.25, -0.2) is 4.39 Å². The van der Waals surface area contributed by atoms with Crippen LogP contribution in [0.1, 0.15) is 45.1 Å². The SMILES string of the molecule is CCCCC(CC)COc1ccc(CCN)cc1F.